The Bertz CT molecular complexity index is 478. The minimum Gasteiger partial charge on any atom is -0.273 e. The number of carbonyl (C=O) groups excluding carboxylic acids is 1. The van der Waals surface area contributed by atoms with Gasteiger partial charge < -0.3 is 0 Å². The molecule has 1 heterocycles. The summed E-state index contributed by atoms with van der Waals surface area (Å²) in [5, 5.41) is 7.41. The zero-order valence-corrected chi connectivity index (χ0v) is 8.92. The van der Waals surface area contributed by atoms with E-state index in [9.17, 15) is 4.79 Å². The molecule has 1 aromatic carbocycles. The fraction of sp³-hybridized carbons (Fsp3) is 0.182. The molecule has 0 spiro atoms. The van der Waals surface area contributed by atoms with Gasteiger partial charge in [-0.05, 0) is 17.7 Å². The largest absolute Gasteiger partial charge is 0.273 e. The average molecular weight is 216 g/mol. The van der Waals surface area contributed by atoms with Crippen LogP contribution >= 0.6 is 0 Å². The molecule has 0 fully saturated rings. The van der Waals surface area contributed by atoms with Gasteiger partial charge in [-0.1, -0.05) is 30.3 Å². The first-order valence-electron chi connectivity index (χ1n) is 4.97. The molecule has 1 amide bonds. The Morgan fingerprint density at radius 3 is 2.75 bits per heavy atom. The molecule has 0 unspecified atom stereocenters. The first-order chi connectivity index (χ1) is 7.75. The Morgan fingerprint density at radius 1 is 1.38 bits per heavy atom. The molecule has 2 aromatic rings. The van der Waals surface area contributed by atoms with Gasteiger partial charge in [-0.3, -0.25) is 4.79 Å². The van der Waals surface area contributed by atoms with Crippen molar-refractivity contribution < 1.29 is 4.79 Å². The molecule has 1 aromatic heterocycles. The van der Waals surface area contributed by atoms with Gasteiger partial charge in [0, 0.05) is 0 Å². The number of hydrogen-bond donors (Lipinski definition) is 1. The highest BCUT2D eigenvalue weighted by Gasteiger charge is 2.05. The van der Waals surface area contributed by atoms with E-state index in [1.54, 1.807) is 6.20 Å². The van der Waals surface area contributed by atoms with Crippen molar-refractivity contribution in [1.82, 2.24) is 15.1 Å². The second kappa shape index (κ2) is 4.57. The van der Waals surface area contributed by atoms with Crippen molar-refractivity contribution in [3.63, 3.8) is 0 Å². The lowest BCUT2D eigenvalue weighted by molar-refractivity contribution is -0.116. The predicted octanol–water partition coefficient (Wildman–Crippen LogP) is 0.899. The van der Waals surface area contributed by atoms with E-state index >= 15 is 0 Å². The summed E-state index contributed by atoms with van der Waals surface area (Å²) < 4.78 is 0. The Hall–Kier alpha value is -2.17. The number of amides is 1. The summed E-state index contributed by atoms with van der Waals surface area (Å²) >= 11 is 0. The van der Waals surface area contributed by atoms with Gasteiger partial charge in [0.25, 0.3) is 0 Å². The molecule has 0 aliphatic heterocycles. The zero-order valence-electron chi connectivity index (χ0n) is 8.92. The summed E-state index contributed by atoms with van der Waals surface area (Å²) in [6.07, 6.45) is 1.92. The van der Waals surface area contributed by atoms with Crippen molar-refractivity contribution in [1.29, 1.82) is 0 Å². The van der Waals surface area contributed by atoms with Crippen molar-refractivity contribution in [2.75, 3.05) is 5.43 Å². The number of hydrogen-bond acceptors (Lipinski definition) is 3. The lowest BCUT2D eigenvalue weighted by Gasteiger charge is -2.05. The highest BCUT2D eigenvalue weighted by Crippen LogP contribution is 1.99. The third kappa shape index (κ3) is 2.44. The van der Waals surface area contributed by atoms with Crippen LogP contribution in [0.3, 0.4) is 0 Å². The molecule has 0 aliphatic carbocycles. The Kier molecular flexibility index (Phi) is 2.95. The van der Waals surface area contributed by atoms with Crippen LogP contribution in [0.2, 0.25) is 0 Å². The number of aryl methyl sites for hydroxylation is 1. The van der Waals surface area contributed by atoms with Crippen LogP contribution in [-0.2, 0) is 11.2 Å². The van der Waals surface area contributed by atoms with E-state index in [0.29, 0.717) is 6.42 Å². The minimum atomic E-state index is -0.111. The smallest absolute Gasteiger partial charge is 0.244 e. The van der Waals surface area contributed by atoms with Crippen LogP contribution in [0.4, 0.5) is 0 Å². The molecular weight excluding hydrogens is 204 g/mol. The third-order valence-electron chi connectivity index (χ3n) is 2.16. The highest BCUT2D eigenvalue weighted by molar-refractivity contribution is 5.85. The quantitative estimate of drug-likeness (QED) is 0.829. The molecule has 16 heavy (non-hydrogen) atoms. The summed E-state index contributed by atoms with van der Waals surface area (Å²) in [6, 6.07) is 9.55. The molecular formula is C11H12N4O. The molecule has 2 rings (SSSR count). The molecule has 0 radical (unpaired) electrons. The first-order valence-corrected chi connectivity index (χ1v) is 4.97. The number of aromatic nitrogens is 3. The van der Waals surface area contributed by atoms with E-state index in [4.69, 9.17) is 0 Å². The zero-order chi connectivity index (χ0) is 11.4. The first kappa shape index (κ1) is 10.4. The van der Waals surface area contributed by atoms with Crippen LogP contribution in [-0.4, -0.2) is 21.0 Å². The molecule has 0 saturated carbocycles. The van der Waals surface area contributed by atoms with Gasteiger partial charge in [0.15, 0.2) is 0 Å². The van der Waals surface area contributed by atoms with Gasteiger partial charge in [-0.15, -0.1) is 5.10 Å². The van der Waals surface area contributed by atoms with Crippen LogP contribution in [0.1, 0.15) is 11.3 Å². The molecule has 0 bridgehead atoms. The summed E-state index contributed by atoms with van der Waals surface area (Å²) in [5.74, 6) is -0.111. The number of carbonyl (C=O) groups is 1. The van der Waals surface area contributed by atoms with E-state index in [1.807, 2.05) is 37.3 Å². The summed E-state index contributed by atoms with van der Waals surface area (Å²) in [7, 11) is 0. The van der Waals surface area contributed by atoms with E-state index in [1.165, 1.54) is 4.79 Å². The lowest BCUT2D eigenvalue weighted by atomic mass is 10.1. The molecule has 5 heteroatoms. The fourth-order valence-corrected chi connectivity index (χ4v) is 1.34. The molecule has 0 saturated heterocycles. The summed E-state index contributed by atoms with van der Waals surface area (Å²) in [6.45, 7) is 1.82. The highest BCUT2D eigenvalue weighted by atomic mass is 16.2. The maximum atomic E-state index is 11.6. The van der Waals surface area contributed by atoms with Crippen molar-refractivity contribution in [2.24, 2.45) is 0 Å². The van der Waals surface area contributed by atoms with Crippen molar-refractivity contribution in [2.45, 2.75) is 13.3 Å². The maximum Gasteiger partial charge on any atom is 0.244 e. The fourth-order valence-electron chi connectivity index (χ4n) is 1.34. The molecule has 1 N–H and O–H groups in total. The monoisotopic (exact) mass is 216 g/mol. The normalized spacial score (nSPS) is 10.1. The standard InChI is InChI=1S/C11H12N4O/c1-9-8-12-14-15(9)13-11(16)7-10-5-3-2-4-6-10/h2-6,8H,7H2,1H3,(H,13,16). The number of rotatable bonds is 3. The van der Waals surface area contributed by atoms with E-state index in [2.05, 4.69) is 15.7 Å². The average Bonchev–Trinajstić information content (AvgIpc) is 2.66. The van der Waals surface area contributed by atoms with Crippen LogP contribution in [0.15, 0.2) is 36.5 Å². The number of benzene rings is 1. The van der Waals surface area contributed by atoms with E-state index in [0.717, 1.165) is 11.3 Å². The maximum absolute atomic E-state index is 11.6. The predicted molar refractivity (Wildman–Crippen MR) is 59.3 cm³/mol. The van der Waals surface area contributed by atoms with Gasteiger partial charge in [0.1, 0.15) is 0 Å². The van der Waals surface area contributed by atoms with Gasteiger partial charge in [-0.2, -0.15) is 4.79 Å². The topological polar surface area (TPSA) is 59.8 Å². The van der Waals surface area contributed by atoms with Gasteiger partial charge in [-0.25, -0.2) is 5.43 Å². The molecule has 5 nitrogen and oxygen atoms in total. The van der Waals surface area contributed by atoms with Crippen molar-refractivity contribution in [3.05, 3.63) is 47.8 Å². The van der Waals surface area contributed by atoms with E-state index < -0.39 is 0 Å². The summed E-state index contributed by atoms with van der Waals surface area (Å²) in [4.78, 5) is 13.0. The Balaban J connectivity index is 1.98. The second-order valence-electron chi connectivity index (χ2n) is 3.48. The Labute approximate surface area is 93.1 Å². The summed E-state index contributed by atoms with van der Waals surface area (Å²) in [5.41, 5.74) is 4.41. The minimum absolute atomic E-state index is 0.111. The Morgan fingerprint density at radius 2 is 2.12 bits per heavy atom. The number of nitrogens with one attached hydrogen (secondary N) is 1. The van der Waals surface area contributed by atoms with Crippen LogP contribution < -0.4 is 5.43 Å². The SMILES string of the molecule is Cc1cnnn1NC(=O)Cc1ccccc1. The van der Waals surface area contributed by atoms with E-state index in [-0.39, 0.29) is 5.91 Å². The van der Waals surface area contributed by atoms with Crippen LogP contribution in [0.5, 0.6) is 0 Å². The van der Waals surface area contributed by atoms with Crippen LogP contribution in [0, 0.1) is 6.92 Å². The molecule has 0 aliphatic rings. The van der Waals surface area contributed by atoms with Gasteiger partial charge in [0.2, 0.25) is 5.91 Å². The lowest BCUT2D eigenvalue weighted by Crippen LogP contribution is -2.26. The molecule has 82 valence electrons. The van der Waals surface area contributed by atoms with Crippen LogP contribution in [0.25, 0.3) is 0 Å². The number of nitrogens with zero attached hydrogens (tertiary/aromatic N) is 3. The van der Waals surface area contributed by atoms with Gasteiger partial charge >= 0.3 is 0 Å². The molecule has 0 atom stereocenters. The van der Waals surface area contributed by atoms with Gasteiger partial charge in [0.05, 0.1) is 18.3 Å². The van der Waals surface area contributed by atoms with Crippen molar-refractivity contribution in [3.8, 4) is 0 Å². The van der Waals surface area contributed by atoms with Crippen molar-refractivity contribution >= 4 is 5.91 Å². The third-order valence-corrected chi connectivity index (χ3v) is 2.16. The second-order valence-corrected chi connectivity index (χ2v) is 3.48.